The molecule has 0 fully saturated rings. The van der Waals surface area contributed by atoms with Crippen molar-refractivity contribution in [3.05, 3.63) is 34.1 Å². The lowest BCUT2D eigenvalue weighted by atomic mass is 9.93. The van der Waals surface area contributed by atoms with Gasteiger partial charge in [0.05, 0.1) is 6.10 Å². The summed E-state index contributed by atoms with van der Waals surface area (Å²) < 4.78 is 14.2. The van der Waals surface area contributed by atoms with Gasteiger partial charge in [-0.15, -0.1) is 0 Å². The van der Waals surface area contributed by atoms with Gasteiger partial charge >= 0.3 is 0 Å². The molecule has 2 unspecified atom stereocenters. The minimum absolute atomic E-state index is 0.103. The number of halogens is 2. The van der Waals surface area contributed by atoms with Gasteiger partial charge < -0.3 is 10.8 Å². The molecule has 0 aromatic heterocycles. The first-order valence-electron chi connectivity index (χ1n) is 4.93. The average Bonchev–Trinajstić information content (AvgIpc) is 2.23. The zero-order valence-electron chi connectivity index (χ0n) is 8.58. The third kappa shape index (κ3) is 3.00. The van der Waals surface area contributed by atoms with Crippen molar-refractivity contribution in [3.63, 3.8) is 0 Å². The van der Waals surface area contributed by atoms with Gasteiger partial charge in [0.2, 0.25) is 0 Å². The smallest absolute Gasteiger partial charge is 0.129 e. The highest BCUT2D eigenvalue weighted by molar-refractivity contribution is 9.10. The molecule has 4 heteroatoms. The fourth-order valence-electron chi connectivity index (χ4n) is 1.51. The van der Waals surface area contributed by atoms with Crippen LogP contribution < -0.4 is 5.73 Å². The van der Waals surface area contributed by atoms with E-state index in [-0.39, 0.29) is 5.92 Å². The maximum absolute atomic E-state index is 13.4. The maximum Gasteiger partial charge on any atom is 0.129 e. The number of rotatable bonds is 4. The van der Waals surface area contributed by atoms with Crippen LogP contribution in [0.15, 0.2) is 22.7 Å². The maximum atomic E-state index is 13.4. The van der Waals surface area contributed by atoms with Crippen LogP contribution in [0.1, 0.15) is 25.0 Å². The van der Waals surface area contributed by atoms with Crippen LogP contribution in [0.2, 0.25) is 0 Å². The number of aliphatic hydroxyl groups excluding tert-OH is 1. The van der Waals surface area contributed by atoms with Gasteiger partial charge in [-0.1, -0.05) is 22.9 Å². The van der Waals surface area contributed by atoms with Crippen molar-refractivity contribution in [2.45, 2.75) is 19.4 Å². The van der Waals surface area contributed by atoms with Gasteiger partial charge in [0.15, 0.2) is 0 Å². The molecule has 0 aliphatic heterocycles. The molecule has 0 aliphatic rings. The second-order valence-electron chi connectivity index (χ2n) is 3.51. The number of hydrogen-bond donors (Lipinski definition) is 2. The molecule has 0 bridgehead atoms. The van der Waals surface area contributed by atoms with Crippen molar-refractivity contribution in [2.75, 3.05) is 6.54 Å². The highest BCUT2D eigenvalue weighted by Crippen LogP contribution is 2.28. The summed E-state index contributed by atoms with van der Waals surface area (Å²) in [5.41, 5.74) is 5.82. The molecule has 3 N–H and O–H groups in total. The summed E-state index contributed by atoms with van der Waals surface area (Å²) in [4.78, 5) is 0. The van der Waals surface area contributed by atoms with Gasteiger partial charge in [0.25, 0.3) is 0 Å². The average molecular weight is 276 g/mol. The molecule has 0 heterocycles. The fourth-order valence-corrected chi connectivity index (χ4v) is 1.89. The lowest BCUT2D eigenvalue weighted by Gasteiger charge is -2.20. The summed E-state index contributed by atoms with van der Waals surface area (Å²) in [6, 6.07) is 4.54. The van der Waals surface area contributed by atoms with Crippen LogP contribution >= 0.6 is 15.9 Å². The molecule has 2 atom stereocenters. The van der Waals surface area contributed by atoms with E-state index in [0.29, 0.717) is 12.1 Å². The van der Waals surface area contributed by atoms with E-state index in [0.717, 1.165) is 10.9 Å². The lowest BCUT2D eigenvalue weighted by Crippen LogP contribution is -2.22. The Bertz CT molecular complexity index is 328. The van der Waals surface area contributed by atoms with Gasteiger partial charge in [-0.25, -0.2) is 4.39 Å². The van der Waals surface area contributed by atoms with Gasteiger partial charge in [-0.2, -0.15) is 0 Å². The van der Waals surface area contributed by atoms with E-state index < -0.39 is 11.9 Å². The molecule has 0 aliphatic carbocycles. The summed E-state index contributed by atoms with van der Waals surface area (Å²) in [6.45, 7) is 2.28. The van der Waals surface area contributed by atoms with Gasteiger partial charge in [0, 0.05) is 16.0 Å². The molecular formula is C11H15BrFNO. The Morgan fingerprint density at radius 1 is 1.53 bits per heavy atom. The van der Waals surface area contributed by atoms with Crippen LogP contribution in [0, 0.1) is 11.7 Å². The van der Waals surface area contributed by atoms with E-state index in [2.05, 4.69) is 15.9 Å². The lowest BCUT2D eigenvalue weighted by molar-refractivity contribution is 0.106. The van der Waals surface area contributed by atoms with E-state index in [1.54, 1.807) is 12.1 Å². The van der Waals surface area contributed by atoms with E-state index in [1.807, 2.05) is 6.92 Å². The monoisotopic (exact) mass is 275 g/mol. The second-order valence-corrected chi connectivity index (χ2v) is 4.43. The Hall–Kier alpha value is -0.450. The molecule has 0 radical (unpaired) electrons. The van der Waals surface area contributed by atoms with Crippen molar-refractivity contribution < 1.29 is 9.50 Å². The predicted octanol–water partition coefficient (Wildman–Crippen LogP) is 2.61. The Kier molecular flexibility index (Phi) is 4.70. The number of nitrogens with two attached hydrogens (primary N) is 1. The Morgan fingerprint density at radius 2 is 2.20 bits per heavy atom. The molecular weight excluding hydrogens is 261 g/mol. The van der Waals surface area contributed by atoms with Gasteiger partial charge in [-0.3, -0.25) is 0 Å². The number of hydrogen-bond acceptors (Lipinski definition) is 2. The summed E-state index contributed by atoms with van der Waals surface area (Å²) in [5, 5.41) is 9.94. The quantitative estimate of drug-likeness (QED) is 0.888. The van der Waals surface area contributed by atoms with Gasteiger partial charge in [-0.05, 0) is 31.2 Å². The topological polar surface area (TPSA) is 46.2 Å². The molecule has 1 rings (SSSR count). The Balaban J connectivity index is 2.98. The highest BCUT2D eigenvalue weighted by atomic mass is 79.9. The van der Waals surface area contributed by atoms with E-state index in [9.17, 15) is 9.50 Å². The van der Waals surface area contributed by atoms with Crippen LogP contribution in [-0.4, -0.2) is 11.7 Å². The molecule has 0 spiro atoms. The van der Waals surface area contributed by atoms with E-state index >= 15 is 0 Å². The van der Waals surface area contributed by atoms with Crippen molar-refractivity contribution in [2.24, 2.45) is 11.7 Å². The summed E-state index contributed by atoms with van der Waals surface area (Å²) in [6.07, 6.45) is -0.110. The SMILES string of the molecule is CCC(CN)C(O)c1cc(Br)ccc1F. The zero-order chi connectivity index (χ0) is 11.4. The van der Waals surface area contributed by atoms with E-state index in [1.165, 1.54) is 6.07 Å². The number of aliphatic hydroxyl groups is 1. The fraction of sp³-hybridized carbons (Fsp3) is 0.455. The standard InChI is InChI=1S/C11H15BrFNO/c1-2-7(6-14)11(15)9-5-8(12)3-4-10(9)13/h3-5,7,11,15H,2,6,14H2,1H3. The highest BCUT2D eigenvalue weighted by Gasteiger charge is 2.21. The first-order valence-corrected chi connectivity index (χ1v) is 5.72. The van der Waals surface area contributed by atoms with Crippen LogP contribution in [0.5, 0.6) is 0 Å². The van der Waals surface area contributed by atoms with Crippen molar-refractivity contribution in [1.82, 2.24) is 0 Å². The minimum atomic E-state index is -0.836. The Morgan fingerprint density at radius 3 is 2.73 bits per heavy atom. The largest absolute Gasteiger partial charge is 0.388 e. The van der Waals surface area contributed by atoms with Crippen molar-refractivity contribution >= 4 is 15.9 Å². The molecule has 0 saturated heterocycles. The van der Waals surface area contributed by atoms with E-state index in [4.69, 9.17) is 5.73 Å². The van der Waals surface area contributed by atoms with Crippen molar-refractivity contribution in [1.29, 1.82) is 0 Å². The van der Waals surface area contributed by atoms with Crippen LogP contribution in [0.3, 0.4) is 0 Å². The molecule has 1 aromatic rings. The molecule has 0 amide bonds. The molecule has 2 nitrogen and oxygen atoms in total. The van der Waals surface area contributed by atoms with Crippen LogP contribution in [0.4, 0.5) is 4.39 Å². The van der Waals surface area contributed by atoms with Gasteiger partial charge in [0.1, 0.15) is 5.82 Å². The summed E-state index contributed by atoms with van der Waals surface area (Å²) in [5.74, 6) is -0.494. The van der Waals surface area contributed by atoms with Crippen molar-refractivity contribution in [3.8, 4) is 0 Å². The van der Waals surface area contributed by atoms with Crippen LogP contribution in [0.25, 0.3) is 0 Å². The minimum Gasteiger partial charge on any atom is -0.388 e. The Labute approximate surface area is 97.4 Å². The normalized spacial score (nSPS) is 15.0. The number of benzene rings is 1. The third-order valence-electron chi connectivity index (χ3n) is 2.55. The first kappa shape index (κ1) is 12.6. The molecule has 1 aromatic carbocycles. The summed E-state index contributed by atoms with van der Waals surface area (Å²) >= 11 is 3.25. The molecule has 15 heavy (non-hydrogen) atoms. The summed E-state index contributed by atoms with van der Waals surface area (Å²) in [7, 11) is 0. The third-order valence-corrected chi connectivity index (χ3v) is 3.04. The first-order chi connectivity index (χ1) is 7.10. The molecule has 0 saturated carbocycles. The van der Waals surface area contributed by atoms with Crippen LogP contribution in [-0.2, 0) is 0 Å². The zero-order valence-corrected chi connectivity index (χ0v) is 10.2. The second kappa shape index (κ2) is 5.58. The molecule has 84 valence electrons. The predicted molar refractivity (Wildman–Crippen MR) is 61.9 cm³/mol.